The van der Waals surface area contributed by atoms with E-state index in [4.69, 9.17) is 11.5 Å². The van der Waals surface area contributed by atoms with Crippen molar-refractivity contribution in [1.82, 2.24) is 47.5 Å². The molecular formula is C50H81N11O13S. The van der Waals surface area contributed by atoms with E-state index in [0.29, 0.717) is 24.2 Å². The number of primary amides is 1. The third-order valence-corrected chi connectivity index (χ3v) is 13.1. The van der Waals surface area contributed by atoms with Crippen LogP contribution in [0, 0.1) is 17.8 Å². The van der Waals surface area contributed by atoms with Crippen LogP contribution in [0.15, 0.2) is 30.5 Å². The number of thioether (sulfide) groups is 1. The van der Waals surface area contributed by atoms with E-state index < -0.39 is 144 Å². The van der Waals surface area contributed by atoms with E-state index in [9.17, 15) is 63.3 Å². The molecule has 0 aliphatic heterocycles. The SMILES string of the molecule is CCC[C@H](NC(=O)[C@@H](N)CO)C(=O)N[C@@H](CC(C)C)C(=O)N[C@@H](CCSC)C(=O)N[C@@H](Cc1c[nH]c2ccccc12)C(=O)N[C@H](C(=O)N[C@H](C(=O)N[C@@H](CCC(N)=O)C(=O)N[C@H](C(=O)O)C(C)C)[C@@H](C)O)[C@@H](C)CC. The fourth-order valence-corrected chi connectivity index (χ4v) is 8.33. The second-order valence-corrected chi connectivity index (χ2v) is 20.5. The Balaban J connectivity index is 2.54. The van der Waals surface area contributed by atoms with Crippen LogP contribution in [0.5, 0.6) is 0 Å². The molecule has 25 heteroatoms. The van der Waals surface area contributed by atoms with Crippen LogP contribution in [-0.4, -0.2) is 159 Å². The molecule has 0 bridgehead atoms. The number of benzene rings is 1. The third-order valence-electron chi connectivity index (χ3n) is 12.5. The topological polar surface area (TPSA) is 395 Å². The van der Waals surface area contributed by atoms with Crippen LogP contribution >= 0.6 is 11.8 Å². The van der Waals surface area contributed by atoms with Crippen LogP contribution in [0.3, 0.4) is 0 Å². The summed E-state index contributed by atoms with van der Waals surface area (Å²) in [5.41, 5.74) is 12.3. The summed E-state index contributed by atoms with van der Waals surface area (Å²) in [6.45, 7) is 12.5. The van der Waals surface area contributed by atoms with Gasteiger partial charge in [-0.3, -0.25) is 43.2 Å². The molecule has 0 fully saturated rings. The van der Waals surface area contributed by atoms with Gasteiger partial charge in [-0.15, -0.1) is 0 Å². The van der Waals surface area contributed by atoms with Crippen LogP contribution in [0.4, 0.5) is 0 Å². The van der Waals surface area contributed by atoms with E-state index in [0.717, 1.165) is 10.9 Å². The van der Waals surface area contributed by atoms with Gasteiger partial charge in [0.15, 0.2) is 0 Å². The smallest absolute Gasteiger partial charge is 0.326 e. The number of aliphatic hydroxyl groups excluding tert-OH is 2. The molecular weight excluding hydrogens is 995 g/mol. The lowest BCUT2D eigenvalue weighted by Crippen LogP contribution is -2.63. The average molecular weight is 1080 g/mol. The highest BCUT2D eigenvalue weighted by Crippen LogP contribution is 2.20. The summed E-state index contributed by atoms with van der Waals surface area (Å²) in [6, 6.07) is -5.01. The Bertz CT molecular complexity index is 2260. The van der Waals surface area contributed by atoms with E-state index in [2.05, 4.69) is 47.5 Å². The van der Waals surface area contributed by atoms with Crippen molar-refractivity contribution in [3.05, 3.63) is 36.0 Å². The number of carbonyl (C=O) groups excluding carboxylic acids is 9. The minimum absolute atomic E-state index is 0.0830. The van der Waals surface area contributed by atoms with Crippen LogP contribution in [0.1, 0.15) is 106 Å². The van der Waals surface area contributed by atoms with Crippen molar-refractivity contribution in [2.75, 3.05) is 18.6 Å². The fourth-order valence-electron chi connectivity index (χ4n) is 7.86. The Morgan fingerprint density at radius 2 is 1.13 bits per heavy atom. The summed E-state index contributed by atoms with van der Waals surface area (Å²) in [4.78, 5) is 138. The van der Waals surface area contributed by atoms with Crippen LogP contribution in [-0.2, 0) is 54.4 Å². The number of rotatable bonds is 34. The van der Waals surface area contributed by atoms with Crippen LogP contribution < -0.4 is 54.0 Å². The van der Waals surface area contributed by atoms with Gasteiger partial charge in [0, 0.05) is 29.9 Å². The van der Waals surface area contributed by atoms with E-state index in [1.54, 1.807) is 53.1 Å². The van der Waals surface area contributed by atoms with E-state index in [1.165, 1.54) is 18.7 Å². The monoisotopic (exact) mass is 1080 g/mol. The van der Waals surface area contributed by atoms with Crippen molar-refractivity contribution in [2.24, 2.45) is 29.2 Å². The summed E-state index contributed by atoms with van der Waals surface area (Å²) in [5.74, 6) is -9.86. The summed E-state index contributed by atoms with van der Waals surface area (Å²) < 4.78 is 0. The quantitative estimate of drug-likeness (QED) is 0.0397. The Morgan fingerprint density at radius 3 is 1.68 bits per heavy atom. The Morgan fingerprint density at radius 1 is 0.640 bits per heavy atom. The highest BCUT2D eigenvalue weighted by molar-refractivity contribution is 7.98. The molecule has 1 heterocycles. The first-order chi connectivity index (χ1) is 35.3. The summed E-state index contributed by atoms with van der Waals surface area (Å²) in [7, 11) is 0. The van der Waals surface area contributed by atoms with Gasteiger partial charge in [0.2, 0.25) is 53.2 Å². The van der Waals surface area contributed by atoms with Gasteiger partial charge in [-0.1, -0.05) is 79.5 Å². The van der Waals surface area contributed by atoms with E-state index in [-0.39, 0.29) is 38.0 Å². The van der Waals surface area contributed by atoms with Crippen molar-refractivity contribution in [3.63, 3.8) is 0 Å². The number of aromatic amines is 1. The number of amides is 9. The molecule has 9 amide bonds. The molecule has 1 aromatic carbocycles. The lowest BCUT2D eigenvalue weighted by Gasteiger charge is -2.30. The number of aliphatic carboxylic acids is 1. The number of carboxylic acids is 1. The Kier molecular flexibility index (Phi) is 27.8. The van der Waals surface area contributed by atoms with Gasteiger partial charge in [0.05, 0.1) is 12.7 Å². The van der Waals surface area contributed by atoms with E-state index >= 15 is 0 Å². The molecule has 0 aliphatic rings. The Labute approximate surface area is 442 Å². The molecule has 2 rings (SSSR count). The molecule has 24 nitrogen and oxygen atoms in total. The molecule has 75 heavy (non-hydrogen) atoms. The summed E-state index contributed by atoms with van der Waals surface area (Å²) >= 11 is 1.39. The normalized spacial score (nSPS) is 15.8. The van der Waals surface area contributed by atoms with Gasteiger partial charge >= 0.3 is 5.97 Å². The number of aliphatic hydroxyl groups is 2. The predicted octanol–water partition coefficient (Wildman–Crippen LogP) is -1.06. The molecule has 0 spiro atoms. The first-order valence-corrected chi connectivity index (χ1v) is 26.7. The molecule has 0 saturated carbocycles. The molecule has 0 aliphatic carbocycles. The van der Waals surface area contributed by atoms with E-state index in [1.807, 2.05) is 32.0 Å². The number of carboxylic acid groups (broad SMARTS) is 1. The maximum atomic E-state index is 14.7. The molecule has 0 saturated heterocycles. The molecule has 11 atom stereocenters. The number of carbonyl (C=O) groups is 10. The number of fused-ring (bicyclic) bond motifs is 1. The minimum atomic E-state index is -1.75. The molecule has 16 N–H and O–H groups in total. The number of nitrogens with one attached hydrogen (secondary N) is 9. The van der Waals surface area contributed by atoms with Crippen molar-refractivity contribution in [3.8, 4) is 0 Å². The second-order valence-electron chi connectivity index (χ2n) is 19.5. The van der Waals surface area contributed by atoms with Crippen molar-refractivity contribution < 1.29 is 63.3 Å². The zero-order valence-corrected chi connectivity index (χ0v) is 45.3. The summed E-state index contributed by atoms with van der Waals surface area (Å²) in [6.07, 6.45) is 2.18. The van der Waals surface area contributed by atoms with Gasteiger partial charge in [0.25, 0.3) is 0 Å². The highest BCUT2D eigenvalue weighted by Gasteiger charge is 2.38. The third kappa shape index (κ3) is 21.1. The van der Waals surface area contributed by atoms with Crippen LogP contribution in [0.2, 0.25) is 0 Å². The maximum Gasteiger partial charge on any atom is 0.326 e. The molecule has 0 unspecified atom stereocenters. The lowest BCUT2D eigenvalue weighted by molar-refractivity contribution is -0.144. The van der Waals surface area contributed by atoms with Gasteiger partial charge < -0.3 is 74.3 Å². The predicted molar refractivity (Wildman–Crippen MR) is 282 cm³/mol. The standard InChI is InChI=1S/C50H81N11O13S/c1-10-14-33(54-42(65)31(51)24-62)43(66)57-36(21-25(3)4)46(69)55-35(19-20-75-9)44(67)58-37(22-29-23-53-32-16-13-12-15-30(29)32)47(70)60-40(27(7)11-2)48(71)61-41(28(8)63)49(72)56-34(17-18-38(52)64)45(68)59-39(26(5)6)50(73)74/h12-13,15-16,23,25-28,31,33-37,39-41,53,62-63H,10-11,14,17-22,24,51H2,1-9H3,(H2,52,64)(H,54,65)(H,55,69)(H,56,72)(H,57,66)(H,58,67)(H,59,68)(H,60,70)(H,61,71)(H,73,74)/t27-,28+,31-,33-,34-,35-,36-,37-,39-,40-,41-/m0/s1. The van der Waals surface area contributed by atoms with Crippen molar-refractivity contribution in [1.29, 1.82) is 0 Å². The number of H-pyrrole nitrogens is 1. The fraction of sp³-hybridized carbons (Fsp3) is 0.640. The molecule has 1 aromatic heterocycles. The largest absolute Gasteiger partial charge is 0.480 e. The van der Waals surface area contributed by atoms with Crippen molar-refractivity contribution in [2.45, 2.75) is 167 Å². The number of hydrogen-bond acceptors (Lipinski definition) is 14. The lowest BCUT2D eigenvalue weighted by atomic mass is 9.96. The first kappa shape index (κ1) is 64.8. The summed E-state index contributed by atoms with van der Waals surface area (Å²) in [5, 5.41) is 51.3. The maximum absolute atomic E-state index is 14.7. The zero-order valence-electron chi connectivity index (χ0n) is 44.5. The average Bonchev–Trinajstić information content (AvgIpc) is 3.76. The number of aromatic nitrogens is 1. The van der Waals surface area contributed by atoms with Gasteiger partial charge in [-0.05, 0) is 74.0 Å². The number of hydrogen-bond donors (Lipinski definition) is 14. The van der Waals surface area contributed by atoms with Gasteiger partial charge in [-0.2, -0.15) is 11.8 Å². The van der Waals surface area contributed by atoms with Crippen LogP contribution in [0.25, 0.3) is 10.9 Å². The van der Waals surface area contributed by atoms with Gasteiger partial charge in [0.1, 0.15) is 54.4 Å². The van der Waals surface area contributed by atoms with Gasteiger partial charge in [-0.25, -0.2) is 4.79 Å². The zero-order chi connectivity index (χ0) is 56.7. The molecule has 420 valence electrons. The highest BCUT2D eigenvalue weighted by atomic mass is 32.2. The minimum Gasteiger partial charge on any atom is -0.480 e. The van der Waals surface area contributed by atoms with Crippen molar-refractivity contribution >= 4 is 81.8 Å². The Hall–Kier alpha value is -6.31. The number of para-hydroxylation sites is 1. The first-order valence-electron chi connectivity index (χ1n) is 25.3. The molecule has 2 aromatic rings. The second kappa shape index (κ2) is 32.2. The number of nitrogens with two attached hydrogens (primary N) is 2. The molecule has 0 radical (unpaired) electrons.